The number of hydrogen-bond acceptors (Lipinski definition) is 6. The zero-order valence-corrected chi connectivity index (χ0v) is 42.1. The predicted octanol–water partition coefficient (Wildman–Crippen LogP) is 18.1. The van der Waals surface area contributed by atoms with E-state index in [1.54, 1.807) is 0 Å². The minimum atomic E-state index is -0.777. The summed E-state index contributed by atoms with van der Waals surface area (Å²) in [6.45, 7) is 6.62. The van der Waals surface area contributed by atoms with Gasteiger partial charge in [0, 0.05) is 19.3 Å². The molecule has 0 aromatic rings. The van der Waals surface area contributed by atoms with Crippen molar-refractivity contribution in [1.82, 2.24) is 0 Å². The van der Waals surface area contributed by atoms with Gasteiger partial charge in [-0.3, -0.25) is 14.4 Å². The van der Waals surface area contributed by atoms with E-state index >= 15 is 0 Å². The van der Waals surface area contributed by atoms with Crippen LogP contribution >= 0.6 is 0 Å². The minimum Gasteiger partial charge on any atom is -0.462 e. The van der Waals surface area contributed by atoms with Crippen molar-refractivity contribution in [3.05, 3.63) is 36.5 Å². The SMILES string of the molecule is CCCCCC/C=C\CCCCCCCCCC(=O)O[C@@H](COC(=O)CCCCCCC/C=C\CCCCCC)COC(=O)CCCCCCCCC/C=C\CCCCCCCC. The lowest BCUT2D eigenvalue weighted by Crippen LogP contribution is -2.30. The first-order valence-corrected chi connectivity index (χ1v) is 27.5. The Balaban J connectivity index is 4.36. The van der Waals surface area contributed by atoms with Crippen molar-refractivity contribution in [1.29, 1.82) is 0 Å². The average Bonchev–Trinajstić information content (AvgIpc) is 3.28. The number of unbranched alkanes of at least 4 members (excludes halogenated alkanes) is 33. The molecule has 63 heavy (non-hydrogen) atoms. The Labute approximate surface area is 391 Å². The molecule has 0 saturated carbocycles. The second-order valence-corrected chi connectivity index (χ2v) is 18.5. The van der Waals surface area contributed by atoms with Crippen LogP contribution in [0.4, 0.5) is 0 Å². The largest absolute Gasteiger partial charge is 0.462 e. The van der Waals surface area contributed by atoms with E-state index in [0.717, 1.165) is 64.2 Å². The molecule has 0 saturated heterocycles. The summed E-state index contributed by atoms with van der Waals surface area (Å²) in [5.74, 6) is -0.883. The summed E-state index contributed by atoms with van der Waals surface area (Å²) in [7, 11) is 0. The lowest BCUT2D eigenvalue weighted by Gasteiger charge is -2.18. The van der Waals surface area contributed by atoms with Crippen LogP contribution in [0.1, 0.15) is 290 Å². The molecule has 0 fully saturated rings. The summed E-state index contributed by atoms with van der Waals surface area (Å²) in [6.07, 6.45) is 61.2. The summed E-state index contributed by atoms with van der Waals surface area (Å²) >= 11 is 0. The van der Waals surface area contributed by atoms with Crippen molar-refractivity contribution in [3.8, 4) is 0 Å². The molecule has 368 valence electrons. The molecule has 0 aliphatic rings. The van der Waals surface area contributed by atoms with E-state index < -0.39 is 6.10 Å². The molecule has 0 aromatic carbocycles. The molecule has 0 N–H and O–H groups in total. The molecule has 6 heteroatoms. The van der Waals surface area contributed by atoms with Crippen molar-refractivity contribution in [3.63, 3.8) is 0 Å². The van der Waals surface area contributed by atoms with Crippen LogP contribution in [0.15, 0.2) is 36.5 Å². The second kappa shape index (κ2) is 52.3. The lowest BCUT2D eigenvalue weighted by atomic mass is 10.1. The zero-order chi connectivity index (χ0) is 45.8. The van der Waals surface area contributed by atoms with Gasteiger partial charge in [0.1, 0.15) is 13.2 Å². The summed E-state index contributed by atoms with van der Waals surface area (Å²) in [5, 5.41) is 0. The van der Waals surface area contributed by atoms with Crippen LogP contribution in [0.25, 0.3) is 0 Å². The Morgan fingerprint density at radius 3 is 0.810 bits per heavy atom. The Morgan fingerprint density at radius 2 is 0.524 bits per heavy atom. The lowest BCUT2D eigenvalue weighted by molar-refractivity contribution is -0.167. The maximum atomic E-state index is 12.8. The van der Waals surface area contributed by atoms with Crippen molar-refractivity contribution in [2.24, 2.45) is 0 Å². The van der Waals surface area contributed by atoms with Gasteiger partial charge in [0.15, 0.2) is 6.10 Å². The van der Waals surface area contributed by atoms with Gasteiger partial charge in [0.2, 0.25) is 0 Å². The van der Waals surface area contributed by atoms with E-state index in [4.69, 9.17) is 14.2 Å². The van der Waals surface area contributed by atoms with Crippen LogP contribution in [0.5, 0.6) is 0 Å². The van der Waals surface area contributed by atoms with Gasteiger partial charge in [0.25, 0.3) is 0 Å². The third-order valence-electron chi connectivity index (χ3n) is 12.1. The highest BCUT2D eigenvalue weighted by Crippen LogP contribution is 2.15. The molecule has 0 aromatic heterocycles. The summed E-state index contributed by atoms with van der Waals surface area (Å²) in [5.41, 5.74) is 0. The molecule has 0 rings (SSSR count). The van der Waals surface area contributed by atoms with Crippen molar-refractivity contribution in [2.75, 3.05) is 13.2 Å². The van der Waals surface area contributed by atoms with Crippen LogP contribution in [-0.4, -0.2) is 37.2 Å². The first-order chi connectivity index (χ1) is 31.0. The molecule has 1 atom stereocenters. The van der Waals surface area contributed by atoms with Gasteiger partial charge < -0.3 is 14.2 Å². The van der Waals surface area contributed by atoms with Crippen LogP contribution < -0.4 is 0 Å². The fourth-order valence-electron chi connectivity index (χ4n) is 7.90. The highest BCUT2D eigenvalue weighted by Gasteiger charge is 2.19. The van der Waals surface area contributed by atoms with Gasteiger partial charge in [-0.1, -0.05) is 211 Å². The quantitative estimate of drug-likeness (QED) is 0.0262. The van der Waals surface area contributed by atoms with Crippen LogP contribution in [-0.2, 0) is 28.6 Å². The minimum absolute atomic E-state index is 0.0769. The molecular weight excluding hydrogens is 781 g/mol. The number of hydrogen-bond donors (Lipinski definition) is 0. The second-order valence-electron chi connectivity index (χ2n) is 18.5. The predicted molar refractivity (Wildman–Crippen MR) is 270 cm³/mol. The number of rotatable bonds is 50. The summed E-state index contributed by atoms with van der Waals surface area (Å²) in [4.78, 5) is 38.0. The Kier molecular flexibility index (Phi) is 50.3. The number of carbonyl (C=O) groups is 3. The van der Waals surface area contributed by atoms with Gasteiger partial charge in [-0.25, -0.2) is 0 Å². The van der Waals surface area contributed by atoms with E-state index in [1.807, 2.05) is 0 Å². The van der Waals surface area contributed by atoms with Gasteiger partial charge in [-0.15, -0.1) is 0 Å². The van der Waals surface area contributed by atoms with E-state index in [-0.39, 0.29) is 31.1 Å². The first kappa shape index (κ1) is 60.6. The van der Waals surface area contributed by atoms with Crippen molar-refractivity contribution >= 4 is 17.9 Å². The van der Waals surface area contributed by atoms with Crippen molar-refractivity contribution < 1.29 is 28.6 Å². The fourth-order valence-corrected chi connectivity index (χ4v) is 7.90. The van der Waals surface area contributed by atoms with Gasteiger partial charge >= 0.3 is 17.9 Å². The molecule has 0 spiro atoms. The third-order valence-corrected chi connectivity index (χ3v) is 12.1. The average molecular weight is 885 g/mol. The highest BCUT2D eigenvalue weighted by atomic mass is 16.6. The van der Waals surface area contributed by atoms with E-state index in [9.17, 15) is 14.4 Å². The van der Waals surface area contributed by atoms with E-state index in [2.05, 4.69) is 57.2 Å². The van der Waals surface area contributed by atoms with Crippen LogP contribution in [0.2, 0.25) is 0 Å². The number of allylic oxidation sites excluding steroid dienone is 6. The number of carbonyl (C=O) groups excluding carboxylic acids is 3. The molecule has 0 aliphatic carbocycles. The standard InChI is InChI=1S/C57H104O6/c1-4-7-10-13-16-19-22-25-27-28-30-32-35-38-41-44-47-50-56(59)62-53-54(52-61-55(58)49-46-43-40-37-34-31-24-21-18-15-12-9-6-3)63-57(60)51-48-45-42-39-36-33-29-26-23-20-17-14-11-8-5-2/h20-21,23-25,27,54H,4-19,22,26,28-53H2,1-3H3/b23-20-,24-21-,27-25-/t54-/m0/s1. The Hall–Kier alpha value is -2.37. The maximum Gasteiger partial charge on any atom is 0.306 e. The molecular formula is C57H104O6. The highest BCUT2D eigenvalue weighted by molar-refractivity contribution is 5.71. The molecule has 6 nitrogen and oxygen atoms in total. The Bertz CT molecular complexity index is 1060. The molecule has 0 unspecified atom stereocenters. The van der Waals surface area contributed by atoms with E-state index in [0.29, 0.717) is 19.3 Å². The monoisotopic (exact) mass is 885 g/mol. The fraction of sp³-hybridized carbons (Fsp3) is 0.842. The van der Waals surface area contributed by atoms with E-state index in [1.165, 1.54) is 186 Å². The van der Waals surface area contributed by atoms with Gasteiger partial charge in [-0.05, 0) is 96.3 Å². The zero-order valence-electron chi connectivity index (χ0n) is 42.1. The first-order valence-electron chi connectivity index (χ1n) is 27.5. The molecule has 0 amide bonds. The topological polar surface area (TPSA) is 78.9 Å². The Morgan fingerprint density at radius 1 is 0.302 bits per heavy atom. The normalized spacial score (nSPS) is 12.2. The summed E-state index contributed by atoms with van der Waals surface area (Å²) < 4.78 is 16.8. The number of ether oxygens (including phenoxy) is 3. The molecule has 0 aliphatic heterocycles. The third kappa shape index (κ3) is 50.5. The van der Waals surface area contributed by atoms with Gasteiger partial charge in [-0.2, -0.15) is 0 Å². The summed E-state index contributed by atoms with van der Waals surface area (Å²) in [6, 6.07) is 0. The van der Waals surface area contributed by atoms with Crippen LogP contribution in [0, 0.1) is 0 Å². The maximum absolute atomic E-state index is 12.8. The molecule has 0 bridgehead atoms. The van der Waals surface area contributed by atoms with Crippen molar-refractivity contribution in [2.45, 2.75) is 297 Å². The molecule has 0 radical (unpaired) electrons. The molecule has 0 heterocycles. The van der Waals surface area contributed by atoms with Gasteiger partial charge in [0.05, 0.1) is 0 Å². The van der Waals surface area contributed by atoms with Crippen LogP contribution in [0.3, 0.4) is 0 Å². The number of esters is 3. The smallest absolute Gasteiger partial charge is 0.306 e.